The lowest BCUT2D eigenvalue weighted by atomic mass is 10.3. The standard InChI is InChI=1S/C12H11F2N3O4S/c1-19-4-5(15)10(18)17-11-16-6-2-7-8(3-9(6)22-11)21-12(13,14)20-7/h2-3,5H,4,15H2,1H3,(H,16,17,18). The minimum Gasteiger partial charge on any atom is -0.395 e. The largest absolute Gasteiger partial charge is 0.586 e. The number of thiazole rings is 1. The first-order chi connectivity index (χ1) is 10.4. The molecule has 0 saturated heterocycles. The van der Waals surface area contributed by atoms with Gasteiger partial charge in [-0.2, -0.15) is 0 Å². The van der Waals surface area contributed by atoms with Crippen LogP contribution in [0.5, 0.6) is 11.5 Å². The fourth-order valence-electron chi connectivity index (χ4n) is 1.88. The molecule has 1 aliphatic heterocycles. The first kappa shape index (κ1) is 14.9. The highest BCUT2D eigenvalue weighted by Crippen LogP contribution is 2.44. The molecule has 2 aromatic rings. The summed E-state index contributed by atoms with van der Waals surface area (Å²) >= 11 is 1.11. The average Bonchev–Trinajstić information content (AvgIpc) is 2.92. The summed E-state index contributed by atoms with van der Waals surface area (Å²) in [6.07, 6.45) is -3.67. The zero-order valence-electron chi connectivity index (χ0n) is 11.3. The van der Waals surface area contributed by atoms with Crippen LogP contribution in [0.2, 0.25) is 0 Å². The first-order valence-corrected chi connectivity index (χ1v) is 6.95. The van der Waals surface area contributed by atoms with Gasteiger partial charge in [0.1, 0.15) is 6.04 Å². The van der Waals surface area contributed by atoms with Crippen LogP contribution >= 0.6 is 11.3 Å². The quantitative estimate of drug-likeness (QED) is 0.882. The van der Waals surface area contributed by atoms with E-state index in [9.17, 15) is 13.6 Å². The van der Waals surface area contributed by atoms with E-state index in [4.69, 9.17) is 10.5 Å². The number of ether oxygens (including phenoxy) is 3. The molecule has 2 heterocycles. The van der Waals surface area contributed by atoms with E-state index in [1.54, 1.807) is 0 Å². The van der Waals surface area contributed by atoms with Gasteiger partial charge in [-0.3, -0.25) is 4.79 Å². The van der Waals surface area contributed by atoms with Crippen molar-refractivity contribution in [2.75, 3.05) is 19.0 Å². The van der Waals surface area contributed by atoms with Crippen molar-refractivity contribution in [2.24, 2.45) is 5.73 Å². The Balaban J connectivity index is 1.82. The summed E-state index contributed by atoms with van der Waals surface area (Å²) in [5.74, 6) is -0.626. The number of nitrogens with two attached hydrogens (primary N) is 1. The predicted octanol–water partition coefficient (Wildman–Crippen LogP) is 1.53. The Kier molecular flexibility index (Phi) is 3.59. The fourth-order valence-corrected chi connectivity index (χ4v) is 2.76. The maximum Gasteiger partial charge on any atom is 0.586 e. The summed E-state index contributed by atoms with van der Waals surface area (Å²) in [4.78, 5) is 15.9. The van der Waals surface area contributed by atoms with Gasteiger partial charge in [-0.05, 0) is 0 Å². The number of rotatable bonds is 4. The number of hydrogen-bond acceptors (Lipinski definition) is 7. The minimum atomic E-state index is -3.67. The van der Waals surface area contributed by atoms with E-state index >= 15 is 0 Å². The van der Waals surface area contributed by atoms with Gasteiger partial charge in [0.25, 0.3) is 0 Å². The summed E-state index contributed by atoms with van der Waals surface area (Å²) in [5.41, 5.74) is 6.00. The van der Waals surface area contributed by atoms with E-state index in [2.05, 4.69) is 19.8 Å². The van der Waals surface area contributed by atoms with Crippen LogP contribution in [0, 0.1) is 0 Å². The fraction of sp³-hybridized carbons (Fsp3) is 0.333. The monoisotopic (exact) mass is 331 g/mol. The third-order valence-corrected chi connectivity index (χ3v) is 3.76. The Morgan fingerprint density at radius 3 is 2.86 bits per heavy atom. The van der Waals surface area contributed by atoms with Crippen molar-refractivity contribution in [3.05, 3.63) is 12.1 Å². The molecule has 7 nitrogen and oxygen atoms in total. The summed E-state index contributed by atoms with van der Waals surface area (Å²) in [6.45, 7) is 0.0712. The van der Waals surface area contributed by atoms with E-state index in [-0.39, 0.29) is 18.1 Å². The molecule has 10 heteroatoms. The molecule has 0 aliphatic carbocycles. The highest BCUT2D eigenvalue weighted by atomic mass is 32.1. The van der Waals surface area contributed by atoms with Crippen LogP contribution in [0.25, 0.3) is 10.2 Å². The number of nitrogens with zero attached hydrogens (tertiary/aromatic N) is 1. The van der Waals surface area contributed by atoms with Gasteiger partial charge >= 0.3 is 6.29 Å². The number of carbonyl (C=O) groups excluding carboxylic acids is 1. The maximum atomic E-state index is 13.0. The molecule has 1 aliphatic rings. The molecule has 22 heavy (non-hydrogen) atoms. The van der Waals surface area contributed by atoms with Crippen LogP contribution in [-0.2, 0) is 9.53 Å². The van der Waals surface area contributed by atoms with Gasteiger partial charge < -0.3 is 25.3 Å². The third-order valence-electron chi connectivity index (χ3n) is 2.82. The van der Waals surface area contributed by atoms with Gasteiger partial charge in [0, 0.05) is 19.2 Å². The van der Waals surface area contributed by atoms with Crippen LogP contribution in [0.15, 0.2) is 12.1 Å². The molecule has 3 N–H and O–H groups in total. The number of benzene rings is 1. The molecule has 118 valence electrons. The van der Waals surface area contributed by atoms with Gasteiger partial charge in [-0.1, -0.05) is 11.3 Å². The lowest BCUT2D eigenvalue weighted by Gasteiger charge is -2.08. The van der Waals surface area contributed by atoms with Crippen LogP contribution in [0.3, 0.4) is 0 Å². The van der Waals surface area contributed by atoms with Gasteiger partial charge in [0.2, 0.25) is 5.91 Å². The van der Waals surface area contributed by atoms with Crippen molar-refractivity contribution < 1.29 is 27.8 Å². The average molecular weight is 331 g/mol. The first-order valence-electron chi connectivity index (χ1n) is 6.14. The van der Waals surface area contributed by atoms with E-state index in [1.165, 1.54) is 19.2 Å². The SMILES string of the molecule is COCC(N)C(=O)Nc1nc2cc3c(cc2s1)OC(F)(F)O3. The molecule has 0 spiro atoms. The van der Waals surface area contributed by atoms with Crippen molar-refractivity contribution in [2.45, 2.75) is 12.3 Å². The van der Waals surface area contributed by atoms with Crippen molar-refractivity contribution >= 4 is 32.6 Å². The van der Waals surface area contributed by atoms with Gasteiger partial charge in [-0.15, -0.1) is 8.78 Å². The molecule has 0 radical (unpaired) electrons. The normalized spacial score (nSPS) is 16.7. The Bertz CT molecular complexity index is 691. The number of carbonyl (C=O) groups is 1. The maximum absolute atomic E-state index is 13.0. The van der Waals surface area contributed by atoms with Crippen molar-refractivity contribution in [3.63, 3.8) is 0 Å². The minimum absolute atomic E-state index is 0.0712. The highest BCUT2D eigenvalue weighted by molar-refractivity contribution is 7.22. The van der Waals surface area contributed by atoms with E-state index < -0.39 is 18.2 Å². The van der Waals surface area contributed by atoms with E-state index in [0.717, 1.165) is 11.3 Å². The summed E-state index contributed by atoms with van der Waals surface area (Å²) < 4.78 is 40.0. The Morgan fingerprint density at radius 2 is 2.18 bits per heavy atom. The second kappa shape index (κ2) is 5.30. The van der Waals surface area contributed by atoms with Crippen LogP contribution in [-0.4, -0.2) is 36.9 Å². The Labute approximate surface area is 127 Å². The summed E-state index contributed by atoms with van der Waals surface area (Å²) in [6, 6.07) is 1.88. The number of halogens is 2. The zero-order valence-corrected chi connectivity index (χ0v) is 12.1. The number of methoxy groups -OCH3 is 1. The van der Waals surface area contributed by atoms with Crippen LogP contribution in [0.1, 0.15) is 0 Å². The third kappa shape index (κ3) is 2.80. The second-order valence-corrected chi connectivity index (χ2v) is 5.53. The predicted molar refractivity (Wildman–Crippen MR) is 74.3 cm³/mol. The number of fused-ring (bicyclic) bond motifs is 2. The lowest BCUT2D eigenvalue weighted by Crippen LogP contribution is -2.39. The molecule has 1 aromatic carbocycles. The van der Waals surface area contributed by atoms with Crippen LogP contribution < -0.4 is 20.5 Å². The summed E-state index contributed by atoms with van der Waals surface area (Å²) in [5, 5.41) is 2.83. The van der Waals surface area contributed by atoms with Crippen molar-refractivity contribution in [1.82, 2.24) is 4.98 Å². The second-order valence-electron chi connectivity index (χ2n) is 4.50. The lowest BCUT2D eigenvalue weighted by molar-refractivity contribution is -0.286. The number of nitrogens with one attached hydrogen (secondary N) is 1. The molecule has 0 bridgehead atoms. The molecule has 1 amide bonds. The molecular formula is C12H11F2N3O4S. The molecular weight excluding hydrogens is 320 g/mol. The van der Waals surface area contributed by atoms with Gasteiger partial charge in [0.05, 0.1) is 16.8 Å². The highest BCUT2D eigenvalue weighted by Gasteiger charge is 2.43. The van der Waals surface area contributed by atoms with Crippen LogP contribution in [0.4, 0.5) is 13.9 Å². The molecule has 1 unspecified atom stereocenters. The molecule has 3 rings (SSSR count). The Hall–Kier alpha value is -2.04. The number of aromatic nitrogens is 1. The van der Waals surface area contributed by atoms with E-state index in [0.29, 0.717) is 15.3 Å². The van der Waals surface area contributed by atoms with Gasteiger partial charge in [-0.25, -0.2) is 4.98 Å². The molecule has 0 fully saturated rings. The Morgan fingerprint density at radius 1 is 1.50 bits per heavy atom. The molecule has 1 aromatic heterocycles. The zero-order chi connectivity index (χ0) is 15.9. The van der Waals surface area contributed by atoms with E-state index in [1.807, 2.05) is 0 Å². The smallest absolute Gasteiger partial charge is 0.395 e. The number of hydrogen-bond donors (Lipinski definition) is 2. The van der Waals surface area contributed by atoms with Gasteiger partial charge in [0.15, 0.2) is 16.6 Å². The number of alkyl halides is 2. The molecule has 0 saturated carbocycles. The topological polar surface area (TPSA) is 95.7 Å². The number of amides is 1. The summed E-state index contributed by atoms with van der Waals surface area (Å²) in [7, 11) is 1.43. The number of anilines is 1. The van der Waals surface area contributed by atoms with Crippen molar-refractivity contribution in [3.8, 4) is 11.5 Å². The van der Waals surface area contributed by atoms with Crippen molar-refractivity contribution in [1.29, 1.82) is 0 Å². The molecule has 1 atom stereocenters.